The van der Waals surface area contributed by atoms with Crippen LogP contribution in [0.5, 0.6) is 0 Å². The molecule has 1 amide bonds. The third kappa shape index (κ3) is 3.72. The molecule has 17 heavy (non-hydrogen) atoms. The fourth-order valence-electron chi connectivity index (χ4n) is 2.59. The molecule has 1 saturated carbocycles. The Balaban J connectivity index is 2.58. The summed E-state index contributed by atoms with van der Waals surface area (Å²) < 4.78 is 0. The lowest BCUT2D eigenvalue weighted by molar-refractivity contribution is -0.141. The maximum Gasteiger partial charge on any atom is 0.305 e. The molecule has 4 nitrogen and oxygen atoms in total. The Hall–Kier alpha value is -1.06. The van der Waals surface area contributed by atoms with Crippen molar-refractivity contribution in [3.63, 3.8) is 0 Å². The standard InChI is InChI=1S/C13H23NO3/c1-13(2)8-5-4-6-10(13)12(17)14(3)9-7-11(15)16/h10H,4-9H2,1-3H3,(H,15,16). The first-order chi connectivity index (χ1) is 7.84. The molecule has 0 saturated heterocycles. The van der Waals surface area contributed by atoms with Crippen molar-refractivity contribution in [2.75, 3.05) is 13.6 Å². The van der Waals surface area contributed by atoms with Gasteiger partial charge in [-0.1, -0.05) is 26.7 Å². The molecule has 0 aromatic heterocycles. The van der Waals surface area contributed by atoms with Crippen LogP contribution in [-0.2, 0) is 9.59 Å². The van der Waals surface area contributed by atoms with E-state index < -0.39 is 5.97 Å². The molecule has 0 aromatic rings. The minimum absolute atomic E-state index is 0.0232. The van der Waals surface area contributed by atoms with Crippen molar-refractivity contribution in [1.29, 1.82) is 0 Å². The van der Waals surface area contributed by atoms with Gasteiger partial charge in [-0.3, -0.25) is 9.59 Å². The predicted molar refractivity (Wildman–Crippen MR) is 65.6 cm³/mol. The van der Waals surface area contributed by atoms with Crippen LogP contribution in [0.25, 0.3) is 0 Å². The van der Waals surface area contributed by atoms with E-state index in [0.29, 0.717) is 6.54 Å². The van der Waals surface area contributed by atoms with E-state index in [2.05, 4.69) is 13.8 Å². The van der Waals surface area contributed by atoms with Crippen LogP contribution in [0.4, 0.5) is 0 Å². The van der Waals surface area contributed by atoms with Gasteiger partial charge in [-0.25, -0.2) is 0 Å². The average Bonchev–Trinajstić information content (AvgIpc) is 2.24. The van der Waals surface area contributed by atoms with E-state index >= 15 is 0 Å². The maximum absolute atomic E-state index is 12.3. The van der Waals surface area contributed by atoms with Gasteiger partial charge in [0.1, 0.15) is 0 Å². The van der Waals surface area contributed by atoms with Gasteiger partial charge in [0.2, 0.25) is 5.91 Å². The molecule has 0 aliphatic heterocycles. The van der Waals surface area contributed by atoms with Gasteiger partial charge in [0.25, 0.3) is 0 Å². The van der Waals surface area contributed by atoms with Gasteiger partial charge in [-0.2, -0.15) is 0 Å². The quantitative estimate of drug-likeness (QED) is 0.820. The number of carbonyl (C=O) groups is 2. The van der Waals surface area contributed by atoms with Crippen LogP contribution in [0.3, 0.4) is 0 Å². The van der Waals surface area contributed by atoms with Crippen molar-refractivity contribution in [3.05, 3.63) is 0 Å². The van der Waals surface area contributed by atoms with Crippen LogP contribution in [-0.4, -0.2) is 35.5 Å². The number of carbonyl (C=O) groups excluding carboxylic acids is 1. The Morgan fingerprint density at radius 1 is 1.35 bits per heavy atom. The van der Waals surface area contributed by atoms with E-state index in [4.69, 9.17) is 5.11 Å². The fourth-order valence-corrected chi connectivity index (χ4v) is 2.59. The molecule has 0 radical (unpaired) electrons. The Morgan fingerprint density at radius 3 is 2.53 bits per heavy atom. The highest BCUT2D eigenvalue weighted by molar-refractivity contribution is 5.80. The van der Waals surface area contributed by atoms with Crippen LogP contribution >= 0.6 is 0 Å². The van der Waals surface area contributed by atoms with Crippen LogP contribution in [0.2, 0.25) is 0 Å². The van der Waals surface area contributed by atoms with Gasteiger partial charge in [-0.05, 0) is 18.3 Å². The van der Waals surface area contributed by atoms with Gasteiger partial charge < -0.3 is 10.0 Å². The lowest BCUT2D eigenvalue weighted by Crippen LogP contribution is -2.42. The summed E-state index contributed by atoms with van der Waals surface area (Å²) in [5, 5.41) is 8.62. The summed E-state index contributed by atoms with van der Waals surface area (Å²) in [5.74, 6) is -0.696. The number of nitrogens with zero attached hydrogens (tertiary/aromatic N) is 1. The van der Waals surface area contributed by atoms with Crippen molar-refractivity contribution >= 4 is 11.9 Å². The number of rotatable bonds is 4. The first kappa shape index (κ1) is 14.0. The summed E-state index contributed by atoms with van der Waals surface area (Å²) in [6.07, 6.45) is 4.33. The number of aliphatic carboxylic acids is 1. The molecular formula is C13H23NO3. The van der Waals surface area contributed by atoms with Gasteiger partial charge in [-0.15, -0.1) is 0 Å². The minimum atomic E-state index is -0.854. The first-order valence-electron chi connectivity index (χ1n) is 6.31. The van der Waals surface area contributed by atoms with Gasteiger partial charge in [0.15, 0.2) is 0 Å². The lowest BCUT2D eigenvalue weighted by Gasteiger charge is -2.39. The third-order valence-corrected chi connectivity index (χ3v) is 3.84. The molecule has 1 atom stereocenters. The van der Waals surface area contributed by atoms with E-state index in [1.807, 2.05) is 0 Å². The SMILES string of the molecule is CN(CCC(=O)O)C(=O)C1CCCCC1(C)C. The molecule has 0 bridgehead atoms. The number of carboxylic acid groups (broad SMARTS) is 1. The maximum atomic E-state index is 12.3. The second-order valence-corrected chi connectivity index (χ2v) is 5.69. The summed E-state index contributed by atoms with van der Waals surface area (Å²) >= 11 is 0. The Labute approximate surface area is 103 Å². The summed E-state index contributed by atoms with van der Waals surface area (Å²) in [6.45, 7) is 4.58. The summed E-state index contributed by atoms with van der Waals surface area (Å²) in [6, 6.07) is 0. The Kier molecular flexibility index (Phi) is 4.54. The van der Waals surface area contributed by atoms with Crippen molar-refractivity contribution < 1.29 is 14.7 Å². The zero-order valence-corrected chi connectivity index (χ0v) is 11.0. The summed E-state index contributed by atoms with van der Waals surface area (Å²) in [5.41, 5.74) is 0.0484. The second-order valence-electron chi connectivity index (χ2n) is 5.69. The fraction of sp³-hybridized carbons (Fsp3) is 0.846. The minimum Gasteiger partial charge on any atom is -0.481 e. The highest BCUT2D eigenvalue weighted by atomic mass is 16.4. The van der Waals surface area contributed by atoms with Crippen molar-refractivity contribution in [1.82, 2.24) is 4.90 Å². The molecule has 1 fully saturated rings. The molecular weight excluding hydrogens is 218 g/mol. The predicted octanol–water partition coefficient (Wildman–Crippen LogP) is 2.14. The molecule has 4 heteroatoms. The van der Waals surface area contributed by atoms with E-state index in [1.165, 1.54) is 6.42 Å². The van der Waals surface area contributed by atoms with E-state index in [9.17, 15) is 9.59 Å². The molecule has 0 heterocycles. The molecule has 1 aliphatic carbocycles. The van der Waals surface area contributed by atoms with Crippen LogP contribution in [0.1, 0.15) is 46.0 Å². The molecule has 98 valence electrons. The summed E-state index contributed by atoms with van der Waals surface area (Å²) in [4.78, 5) is 24.3. The van der Waals surface area contributed by atoms with Crippen molar-refractivity contribution in [2.45, 2.75) is 46.0 Å². The van der Waals surface area contributed by atoms with E-state index in [1.54, 1.807) is 11.9 Å². The third-order valence-electron chi connectivity index (χ3n) is 3.84. The topological polar surface area (TPSA) is 57.6 Å². The number of hydrogen-bond acceptors (Lipinski definition) is 2. The molecule has 1 N–H and O–H groups in total. The Bertz CT molecular complexity index is 299. The van der Waals surface area contributed by atoms with Crippen molar-refractivity contribution in [2.24, 2.45) is 11.3 Å². The largest absolute Gasteiger partial charge is 0.481 e. The van der Waals surface area contributed by atoms with E-state index in [0.717, 1.165) is 19.3 Å². The zero-order valence-electron chi connectivity index (χ0n) is 11.0. The molecule has 0 aromatic carbocycles. The monoisotopic (exact) mass is 241 g/mol. The van der Waals surface area contributed by atoms with Crippen LogP contribution in [0, 0.1) is 11.3 Å². The molecule has 1 aliphatic rings. The molecule has 0 spiro atoms. The van der Waals surface area contributed by atoms with Gasteiger partial charge >= 0.3 is 5.97 Å². The van der Waals surface area contributed by atoms with Crippen LogP contribution in [0.15, 0.2) is 0 Å². The molecule has 1 unspecified atom stereocenters. The highest BCUT2D eigenvalue weighted by Gasteiger charge is 2.38. The zero-order chi connectivity index (χ0) is 13.1. The second kappa shape index (κ2) is 5.52. The number of amides is 1. The van der Waals surface area contributed by atoms with Gasteiger partial charge in [0, 0.05) is 19.5 Å². The number of hydrogen-bond donors (Lipinski definition) is 1. The van der Waals surface area contributed by atoms with Gasteiger partial charge in [0.05, 0.1) is 6.42 Å². The highest BCUT2D eigenvalue weighted by Crippen LogP contribution is 2.41. The summed E-state index contributed by atoms with van der Waals surface area (Å²) in [7, 11) is 1.70. The first-order valence-corrected chi connectivity index (χ1v) is 6.31. The number of carboxylic acids is 1. The molecule has 1 rings (SSSR count). The van der Waals surface area contributed by atoms with Crippen LogP contribution < -0.4 is 0 Å². The lowest BCUT2D eigenvalue weighted by atomic mass is 9.68. The van der Waals surface area contributed by atoms with E-state index in [-0.39, 0.29) is 23.7 Å². The normalized spacial score (nSPS) is 23.1. The smallest absolute Gasteiger partial charge is 0.305 e. The van der Waals surface area contributed by atoms with Crippen molar-refractivity contribution in [3.8, 4) is 0 Å². The Morgan fingerprint density at radius 2 is 2.00 bits per heavy atom. The average molecular weight is 241 g/mol.